The highest BCUT2D eigenvalue weighted by Gasteiger charge is 2.30. The average molecular weight is 290 g/mol. The maximum Gasteiger partial charge on any atom is 0.416 e. The molecule has 0 aliphatic rings. The molecule has 0 radical (unpaired) electrons. The topological polar surface area (TPSA) is 24.1 Å². The maximum atomic E-state index is 12.5. The lowest BCUT2D eigenvalue weighted by atomic mass is 10.1. The van der Waals surface area contributed by atoms with Gasteiger partial charge in [-0.25, -0.2) is 0 Å². The van der Waals surface area contributed by atoms with Crippen LogP contribution in [-0.2, 0) is 12.7 Å². The van der Waals surface area contributed by atoms with Crippen LogP contribution in [0, 0.1) is 0 Å². The van der Waals surface area contributed by atoms with E-state index < -0.39 is 11.7 Å². The molecule has 0 bridgehead atoms. The van der Waals surface area contributed by atoms with Crippen LogP contribution in [0.25, 0.3) is 0 Å². The first-order valence-corrected chi connectivity index (χ1v) is 6.52. The second-order valence-corrected chi connectivity index (χ2v) is 4.57. The molecule has 1 aromatic carbocycles. The van der Waals surface area contributed by atoms with Crippen molar-refractivity contribution < 1.29 is 13.2 Å². The van der Waals surface area contributed by atoms with E-state index in [1.54, 1.807) is 6.07 Å². The van der Waals surface area contributed by atoms with Gasteiger partial charge in [0.2, 0.25) is 0 Å². The second kappa shape index (κ2) is 7.33. The third-order valence-electron chi connectivity index (χ3n) is 2.52. The molecule has 0 saturated heterocycles. The number of unbranched alkanes of at least 4 members (excludes halogenated alkanes) is 1. The summed E-state index contributed by atoms with van der Waals surface area (Å²) in [5, 5.41) is 6.35. The molecule has 1 rings (SSSR count). The lowest BCUT2D eigenvalue weighted by Gasteiger charge is -2.12. The Morgan fingerprint density at radius 2 is 2.00 bits per heavy atom. The second-order valence-electron chi connectivity index (χ2n) is 4.16. The molecule has 0 fully saturated rings. The number of hydrogen-bond acceptors (Lipinski definition) is 1. The van der Waals surface area contributed by atoms with Crippen LogP contribution >= 0.6 is 12.2 Å². The summed E-state index contributed by atoms with van der Waals surface area (Å²) in [7, 11) is 0. The molecule has 0 unspecified atom stereocenters. The highest BCUT2D eigenvalue weighted by atomic mass is 32.1. The molecule has 6 heteroatoms. The van der Waals surface area contributed by atoms with Crippen molar-refractivity contribution in [3.05, 3.63) is 35.4 Å². The summed E-state index contributed by atoms with van der Waals surface area (Å²) >= 11 is 5.03. The van der Waals surface area contributed by atoms with E-state index in [2.05, 4.69) is 17.6 Å². The summed E-state index contributed by atoms with van der Waals surface area (Å²) in [6.45, 7) is 3.12. The first kappa shape index (κ1) is 15.8. The van der Waals surface area contributed by atoms with Gasteiger partial charge in [-0.05, 0) is 36.3 Å². The van der Waals surface area contributed by atoms with Crippen LogP contribution in [0.2, 0.25) is 0 Å². The third kappa shape index (κ3) is 5.92. The number of thiocarbonyl (C=S) groups is 1. The predicted octanol–water partition coefficient (Wildman–Crippen LogP) is 3.47. The van der Waals surface area contributed by atoms with Gasteiger partial charge in [-0.1, -0.05) is 25.5 Å². The van der Waals surface area contributed by atoms with Gasteiger partial charge in [0, 0.05) is 13.1 Å². The highest BCUT2D eigenvalue weighted by Crippen LogP contribution is 2.29. The Bertz CT molecular complexity index is 419. The first-order chi connectivity index (χ1) is 8.93. The van der Waals surface area contributed by atoms with Crippen molar-refractivity contribution in [1.29, 1.82) is 0 Å². The summed E-state index contributed by atoms with van der Waals surface area (Å²) in [4.78, 5) is 0. The van der Waals surface area contributed by atoms with Crippen molar-refractivity contribution in [3.8, 4) is 0 Å². The summed E-state index contributed by atoms with van der Waals surface area (Å²) in [5.74, 6) is 0. The molecule has 0 spiro atoms. The number of halogens is 3. The molecule has 2 N–H and O–H groups in total. The number of alkyl halides is 3. The van der Waals surface area contributed by atoms with Gasteiger partial charge >= 0.3 is 6.18 Å². The molecule has 0 aliphatic carbocycles. The van der Waals surface area contributed by atoms with Crippen LogP contribution in [0.5, 0.6) is 0 Å². The summed E-state index contributed by atoms with van der Waals surface area (Å²) in [5.41, 5.74) is -0.0915. The molecule has 1 aromatic rings. The molecule has 0 atom stereocenters. The largest absolute Gasteiger partial charge is 0.416 e. The van der Waals surface area contributed by atoms with E-state index in [4.69, 9.17) is 12.2 Å². The van der Waals surface area contributed by atoms with Crippen LogP contribution in [0.3, 0.4) is 0 Å². The van der Waals surface area contributed by atoms with E-state index in [0.717, 1.165) is 31.5 Å². The van der Waals surface area contributed by atoms with Gasteiger partial charge in [-0.15, -0.1) is 0 Å². The zero-order valence-electron chi connectivity index (χ0n) is 10.7. The number of rotatable bonds is 5. The Kier molecular flexibility index (Phi) is 6.08. The Hall–Kier alpha value is -1.30. The van der Waals surface area contributed by atoms with Gasteiger partial charge in [0.25, 0.3) is 0 Å². The normalized spacial score (nSPS) is 11.2. The summed E-state index contributed by atoms with van der Waals surface area (Å²) < 4.78 is 37.5. The van der Waals surface area contributed by atoms with Crippen LogP contribution in [-0.4, -0.2) is 11.7 Å². The lowest BCUT2D eigenvalue weighted by Crippen LogP contribution is -2.35. The third-order valence-corrected chi connectivity index (χ3v) is 2.81. The van der Waals surface area contributed by atoms with E-state index in [1.165, 1.54) is 6.07 Å². The quantitative estimate of drug-likeness (QED) is 0.641. The zero-order valence-corrected chi connectivity index (χ0v) is 11.5. The molecule has 0 heterocycles. The van der Waals surface area contributed by atoms with Crippen LogP contribution < -0.4 is 10.6 Å². The molecule has 19 heavy (non-hydrogen) atoms. The van der Waals surface area contributed by atoms with E-state index in [9.17, 15) is 13.2 Å². The van der Waals surface area contributed by atoms with Crippen molar-refractivity contribution in [2.24, 2.45) is 0 Å². The summed E-state index contributed by atoms with van der Waals surface area (Å²) in [6.07, 6.45) is -2.25. The molecular formula is C13H17F3N2S. The van der Waals surface area contributed by atoms with E-state index in [1.807, 2.05) is 0 Å². The first-order valence-electron chi connectivity index (χ1n) is 6.11. The Morgan fingerprint density at radius 1 is 1.26 bits per heavy atom. The SMILES string of the molecule is CCCCNC(=S)NCc1cccc(C(F)(F)F)c1. The lowest BCUT2D eigenvalue weighted by molar-refractivity contribution is -0.137. The van der Waals surface area contributed by atoms with Crippen LogP contribution in [0.1, 0.15) is 30.9 Å². The summed E-state index contributed by atoms with van der Waals surface area (Å²) in [6, 6.07) is 5.22. The van der Waals surface area contributed by atoms with E-state index in [0.29, 0.717) is 10.7 Å². The minimum atomic E-state index is -4.31. The van der Waals surface area contributed by atoms with Crippen molar-refractivity contribution in [2.45, 2.75) is 32.5 Å². The van der Waals surface area contributed by atoms with E-state index >= 15 is 0 Å². The Morgan fingerprint density at radius 3 is 2.63 bits per heavy atom. The zero-order chi connectivity index (χ0) is 14.3. The van der Waals surface area contributed by atoms with Gasteiger partial charge in [-0.2, -0.15) is 13.2 Å². The smallest absolute Gasteiger partial charge is 0.363 e. The molecule has 0 amide bonds. The number of hydrogen-bond donors (Lipinski definition) is 2. The van der Waals surface area contributed by atoms with Crippen molar-refractivity contribution in [2.75, 3.05) is 6.54 Å². The van der Waals surface area contributed by atoms with E-state index in [-0.39, 0.29) is 6.54 Å². The fraction of sp³-hybridized carbons (Fsp3) is 0.462. The minimum absolute atomic E-state index is 0.280. The van der Waals surface area contributed by atoms with Gasteiger partial charge < -0.3 is 10.6 Å². The molecule has 106 valence electrons. The maximum absolute atomic E-state index is 12.5. The fourth-order valence-corrected chi connectivity index (χ4v) is 1.66. The van der Waals surface area contributed by atoms with Crippen molar-refractivity contribution in [1.82, 2.24) is 10.6 Å². The molecule has 0 aliphatic heterocycles. The van der Waals surface area contributed by atoms with Crippen molar-refractivity contribution in [3.63, 3.8) is 0 Å². The van der Waals surface area contributed by atoms with Crippen LogP contribution in [0.15, 0.2) is 24.3 Å². The predicted molar refractivity (Wildman–Crippen MR) is 73.8 cm³/mol. The monoisotopic (exact) mass is 290 g/mol. The molecule has 0 saturated carbocycles. The van der Waals surface area contributed by atoms with Gasteiger partial charge in [0.05, 0.1) is 5.56 Å². The fourth-order valence-electron chi connectivity index (χ4n) is 1.48. The Balaban J connectivity index is 2.47. The number of benzene rings is 1. The Labute approximate surface area is 116 Å². The highest BCUT2D eigenvalue weighted by molar-refractivity contribution is 7.80. The average Bonchev–Trinajstić information content (AvgIpc) is 2.36. The van der Waals surface area contributed by atoms with Gasteiger partial charge in [-0.3, -0.25) is 0 Å². The number of nitrogens with one attached hydrogen (secondary N) is 2. The van der Waals surface area contributed by atoms with Crippen LogP contribution in [0.4, 0.5) is 13.2 Å². The standard InChI is InChI=1S/C13H17F3N2S/c1-2-3-7-17-12(19)18-9-10-5-4-6-11(8-10)13(14,15)16/h4-6,8H,2-3,7,9H2,1H3,(H2,17,18,19). The van der Waals surface area contributed by atoms with Gasteiger partial charge in [0.15, 0.2) is 5.11 Å². The van der Waals surface area contributed by atoms with Gasteiger partial charge in [0.1, 0.15) is 0 Å². The molecule has 0 aromatic heterocycles. The van der Waals surface area contributed by atoms with Crippen molar-refractivity contribution >= 4 is 17.3 Å². The molecule has 2 nitrogen and oxygen atoms in total. The minimum Gasteiger partial charge on any atom is -0.363 e. The molecular weight excluding hydrogens is 273 g/mol.